The number of benzene rings is 1. The average Bonchev–Trinajstić information content (AvgIpc) is 2.81. The van der Waals surface area contributed by atoms with E-state index >= 15 is 0 Å². The van der Waals surface area contributed by atoms with E-state index in [2.05, 4.69) is 56.4 Å². The maximum Gasteiger partial charge on any atom is 0.105 e. The van der Waals surface area contributed by atoms with Gasteiger partial charge in [-0.1, -0.05) is 45.0 Å². The van der Waals surface area contributed by atoms with E-state index in [0.717, 1.165) is 18.7 Å². The van der Waals surface area contributed by atoms with Crippen molar-refractivity contribution in [2.75, 3.05) is 6.54 Å². The summed E-state index contributed by atoms with van der Waals surface area (Å²) in [6.45, 7) is 9.62. The highest BCUT2D eigenvalue weighted by molar-refractivity contribution is 5.35. The fourth-order valence-corrected chi connectivity index (χ4v) is 2.68. The third-order valence-corrected chi connectivity index (χ3v) is 3.55. The number of rotatable bonds is 6. The van der Waals surface area contributed by atoms with E-state index in [0.29, 0.717) is 5.92 Å². The summed E-state index contributed by atoms with van der Waals surface area (Å²) < 4.78 is 5.47. The molecule has 0 saturated carbocycles. The molecule has 1 aromatic heterocycles. The molecule has 2 rings (SSSR count). The van der Waals surface area contributed by atoms with Gasteiger partial charge in [-0.05, 0) is 43.0 Å². The summed E-state index contributed by atoms with van der Waals surface area (Å²) in [5.41, 5.74) is 3.95. The maximum atomic E-state index is 5.47. The molecule has 2 nitrogen and oxygen atoms in total. The lowest BCUT2D eigenvalue weighted by Gasteiger charge is -2.19. The minimum absolute atomic E-state index is 0.214. The van der Waals surface area contributed by atoms with Gasteiger partial charge in [-0.25, -0.2) is 0 Å². The van der Waals surface area contributed by atoms with Crippen LogP contribution in [0.15, 0.2) is 41.0 Å². The molecule has 1 unspecified atom stereocenters. The van der Waals surface area contributed by atoms with Crippen molar-refractivity contribution in [3.63, 3.8) is 0 Å². The van der Waals surface area contributed by atoms with Crippen molar-refractivity contribution in [2.24, 2.45) is 5.92 Å². The molecule has 1 aromatic carbocycles. The second-order valence-electron chi connectivity index (χ2n) is 5.77. The van der Waals surface area contributed by atoms with Crippen LogP contribution in [-0.4, -0.2) is 6.54 Å². The fraction of sp³-hybridized carbons (Fsp3) is 0.444. The highest BCUT2D eigenvalue weighted by Crippen LogP contribution is 2.26. The molecule has 0 aliphatic heterocycles. The molecule has 0 amide bonds. The standard InChI is InChI=1S/C18H25NO/c1-5-19-18(17-9-10-20-14(17)4)16-8-6-7-15(12-16)11-13(2)3/h6-10,12-13,18-19H,5,11H2,1-4H3. The molecule has 1 heterocycles. The first-order valence-electron chi connectivity index (χ1n) is 7.48. The van der Waals surface area contributed by atoms with E-state index in [9.17, 15) is 0 Å². The number of hydrogen-bond donors (Lipinski definition) is 1. The van der Waals surface area contributed by atoms with Crippen LogP contribution in [0.2, 0.25) is 0 Å². The SMILES string of the molecule is CCNC(c1cccc(CC(C)C)c1)c1ccoc1C. The Morgan fingerprint density at radius 2 is 2.00 bits per heavy atom. The van der Waals surface area contributed by atoms with Crippen LogP contribution in [-0.2, 0) is 6.42 Å². The lowest BCUT2D eigenvalue weighted by molar-refractivity contribution is 0.520. The number of hydrogen-bond acceptors (Lipinski definition) is 2. The zero-order valence-electron chi connectivity index (χ0n) is 12.9. The molecular weight excluding hydrogens is 246 g/mol. The Labute approximate surface area is 122 Å². The lowest BCUT2D eigenvalue weighted by atomic mass is 9.95. The Balaban J connectivity index is 2.32. The predicted molar refractivity (Wildman–Crippen MR) is 83.9 cm³/mol. The molecule has 0 aliphatic rings. The Kier molecular flexibility index (Phi) is 5.02. The van der Waals surface area contributed by atoms with Gasteiger partial charge in [0.2, 0.25) is 0 Å². The van der Waals surface area contributed by atoms with Crippen LogP contribution in [0.25, 0.3) is 0 Å². The highest BCUT2D eigenvalue weighted by atomic mass is 16.3. The first kappa shape index (κ1) is 14.9. The van der Waals surface area contributed by atoms with E-state index in [1.807, 2.05) is 6.92 Å². The quantitative estimate of drug-likeness (QED) is 0.837. The van der Waals surface area contributed by atoms with Crippen LogP contribution >= 0.6 is 0 Å². The second-order valence-corrected chi connectivity index (χ2v) is 5.77. The molecular formula is C18H25NO. The lowest BCUT2D eigenvalue weighted by Crippen LogP contribution is -2.22. The van der Waals surface area contributed by atoms with Crippen LogP contribution in [0.5, 0.6) is 0 Å². The summed E-state index contributed by atoms with van der Waals surface area (Å²) in [7, 11) is 0. The number of nitrogens with one attached hydrogen (secondary N) is 1. The molecule has 0 saturated heterocycles. The third kappa shape index (κ3) is 3.51. The van der Waals surface area contributed by atoms with E-state index in [1.165, 1.54) is 16.7 Å². The van der Waals surface area contributed by atoms with E-state index < -0.39 is 0 Å². The van der Waals surface area contributed by atoms with Crippen molar-refractivity contribution in [1.82, 2.24) is 5.32 Å². The first-order valence-corrected chi connectivity index (χ1v) is 7.48. The normalized spacial score (nSPS) is 12.8. The molecule has 0 radical (unpaired) electrons. The van der Waals surface area contributed by atoms with Crippen molar-refractivity contribution in [3.8, 4) is 0 Å². The van der Waals surface area contributed by atoms with E-state index in [-0.39, 0.29) is 6.04 Å². The minimum atomic E-state index is 0.214. The summed E-state index contributed by atoms with van der Waals surface area (Å²) in [6.07, 6.45) is 2.89. The van der Waals surface area contributed by atoms with E-state index in [1.54, 1.807) is 6.26 Å². The van der Waals surface area contributed by atoms with Gasteiger partial charge in [-0.3, -0.25) is 0 Å². The average molecular weight is 271 g/mol. The number of aryl methyl sites for hydroxylation is 1. The minimum Gasteiger partial charge on any atom is -0.469 e. The predicted octanol–water partition coefficient (Wildman–Crippen LogP) is 4.49. The highest BCUT2D eigenvalue weighted by Gasteiger charge is 2.17. The molecule has 0 bridgehead atoms. The van der Waals surface area contributed by atoms with Gasteiger partial charge in [-0.15, -0.1) is 0 Å². The summed E-state index contributed by atoms with van der Waals surface area (Å²) >= 11 is 0. The monoisotopic (exact) mass is 271 g/mol. The molecule has 108 valence electrons. The smallest absolute Gasteiger partial charge is 0.105 e. The van der Waals surface area contributed by atoms with Crippen molar-refractivity contribution >= 4 is 0 Å². The molecule has 1 N–H and O–H groups in total. The van der Waals surface area contributed by atoms with Crippen LogP contribution < -0.4 is 5.32 Å². The second kappa shape index (κ2) is 6.76. The van der Waals surface area contributed by atoms with Crippen molar-refractivity contribution in [3.05, 3.63) is 59.0 Å². The Bertz CT molecular complexity index is 542. The Morgan fingerprint density at radius 1 is 1.20 bits per heavy atom. The molecule has 0 aliphatic carbocycles. The summed E-state index contributed by atoms with van der Waals surface area (Å²) in [4.78, 5) is 0. The van der Waals surface area contributed by atoms with Gasteiger partial charge in [-0.2, -0.15) is 0 Å². The van der Waals surface area contributed by atoms with Crippen molar-refractivity contribution in [2.45, 2.75) is 40.2 Å². The van der Waals surface area contributed by atoms with Gasteiger partial charge >= 0.3 is 0 Å². The van der Waals surface area contributed by atoms with Crippen molar-refractivity contribution in [1.29, 1.82) is 0 Å². The van der Waals surface area contributed by atoms with E-state index in [4.69, 9.17) is 4.42 Å². The Morgan fingerprint density at radius 3 is 2.60 bits per heavy atom. The molecule has 2 heteroatoms. The van der Waals surface area contributed by atoms with Crippen LogP contribution in [0.3, 0.4) is 0 Å². The van der Waals surface area contributed by atoms with Crippen LogP contribution in [0, 0.1) is 12.8 Å². The summed E-state index contributed by atoms with van der Waals surface area (Å²) in [5.74, 6) is 1.67. The maximum absolute atomic E-state index is 5.47. The number of furan rings is 1. The van der Waals surface area contributed by atoms with Gasteiger partial charge < -0.3 is 9.73 Å². The molecule has 2 aromatic rings. The van der Waals surface area contributed by atoms with Gasteiger partial charge in [0.25, 0.3) is 0 Å². The summed E-state index contributed by atoms with van der Waals surface area (Å²) in [5, 5.41) is 3.56. The Hall–Kier alpha value is -1.54. The molecule has 1 atom stereocenters. The molecule has 0 spiro atoms. The van der Waals surface area contributed by atoms with Crippen LogP contribution in [0.1, 0.15) is 49.3 Å². The summed E-state index contributed by atoms with van der Waals surface area (Å²) in [6, 6.07) is 11.2. The zero-order valence-corrected chi connectivity index (χ0v) is 12.9. The van der Waals surface area contributed by atoms with Gasteiger partial charge in [0, 0.05) is 5.56 Å². The van der Waals surface area contributed by atoms with Gasteiger partial charge in [0.15, 0.2) is 0 Å². The molecule has 0 fully saturated rings. The topological polar surface area (TPSA) is 25.2 Å². The third-order valence-electron chi connectivity index (χ3n) is 3.55. The van der Waals surface area contributed by atoms with Crippen LogP contribution in [0.4, 0.5) is 0 Å². The van der Waals surface area contributed by atoms with Gasteiger partial charge in [0.05, 0.1) is 12.3 Å². The fourth-order valence-electron chi connectivity index (χ4n) is 2.68. The van der Waals surface area contributed by atoms with Crippen molar-refractivity contribution < 1.29 is 4.42 Å². The largest absolute Gasteiger partial charge is 0.469 e. The van der Waals surface area contributed by atoms with Gasteiger partial charge in [0.1, 0.15) is 5.76 Å². The first-order chi connectivity index (χ1) is 9.61. The molecule has 20 heavy (non-hydrogen) atoms. The zero-order chi connectivity index (χ0) is 14.5.